The summed E-state index contributed by atoms with van der Waals surface area (Å²) in [6, 6.07) is 9.84. The van der Waals surface area contributed by atoms with Gasteiger partial charge in [0.05, 0.1) is 0 Å². The van der Waals surface area contributed by atoms with E-state index in [0.717, 1.165) is 32.5 Å². The molecule has 1 fully saturated rings. The summed E-state index contributed by atoms with van der Waals surface area (Å²) in [5.41, 5.74) is 2.85. The standard InChI is InChI=1S/C15H23NO/c1-12-5-3-4-6-14(12)11-13(2)16-15-7-9-17-10-8-15/h3-6,13,15-16H,7-11H2,1-2H3. The van der Waals surface area contributed by atoms with Gasteiger partial charge in [0.15, 0.2) is 0 Å². The molecule has 1 aromatic rings. The second-order valence-corrected chi connectivity index (χ2v) is 5.08. The van der Waals surface area contributed by atoms with E-state index in [1.54, 1.807) is 0 Å². The van der Waals surface area contributed by atoms with Crippen molar-refractivity contribution in [3.8, 4) is 0 Å². The first-order valence-corrected chi connectivity index (χ1v) is 6.64. The highest BCUT2D eigenvalue weighted by molar-refractivity contribution is 5.26. The number of ether oxygens (including phenoxy) is 1. The third-order valence-corrected chi connectivity index (χ3v) is 3.53. The summed E-state index contributed by atoms with van der Waals surface area (Å²) in [6.07, 6.45) is 3.42. The van der Waals surface area contributed by atoms with Crippen LogP contribution in [0.3, 0.4) is 0 Å². The second kappa shape index (κ2) is 6.18. The first kappa shape index (κ1) is 12.6. The molecule has 0 saturated carbocycles. The molecule has 1 N–H and O–H groups in total. The molecular formula is C15H23NO. The lowest BCUT2D eigenvalue weighted by Gasteiger charge is -2.27. The molecule has 1 heterocycles. The van der Waals surface area contributed by atoms with Gasteiger partial charge in [-0.2, -0.15) is 0 Å². The van der Waals surface area contributed by atoms with Gasteiger partial charge in [-0.15, -0.1) is 0 Å². The third-order valence-electron chi connectivity index (χ3n) is 3.53. The van der Waals surface area contributed by atoms with E-state index in [1.807, 2.05) is 0 Å². The van der Waals surface area contributed by atoms with Crippen LogP contribution in [0.15, 0.2) is 24.3 Å². The number of nitrogens with one attached hydrogen (secondary N) is 1. The minimum Gasteiger partial charge on any atom is -0.381 e. The highest BCUT2D eigenvalue weighted by atomic mass is 16.5. The zero-order valence-corrected chi connectivity index (χ0v) is 10.9. The minimum atomic E-state index is 0.541. The molecule has 1 aromatic carbocycles. The van der Waals surface area contributed by atoms with Crippen LogP contribution in [0, 0.1) is 6.92 Å². The first-order chi connectivity index (χ1) is 8.25. The van der Waals surface area contributed by atoms with Crippen molar-refractivity contribution >= 4 is 0 Å². The average molecular weight is 233 g/mol. The Balaban J connectivity index is 1.84. The van der Waals surface area contributed by atoms with E-state index in [4.69, 9.17) is 4.74 Å². The summed E-state index contributed by atoms with van der Waals surface area (Å²) >= 11 is 0. The molecule has 0 amide bonds. The first-order valence-electron chi connectivity index (χ1n) is 6.64. The fourth-order valence-corrected chi connectivity index (χ4v) is 2.49. The highest BCUT2D eigenvalue weighted by Gasteiger charge is 2.16. The van der Waals surface area contributed by atoms with E-state index in [-0.39, 0.29) is 0 Å². The molecule has 2 rings (SSSR count). The van der Waals surface area contributed by atoms with Crippen molar-refractivity contribution in [2.45, 2.75) is 45.2 Å². The van der Waals surface area contributed by atoms with Crippen LogP contribution >= 0.6 is 0 Å². The van der Waals surface area contributed by atoms with Gasteiger partial charge in [-0.05, 0) is 44.2 Å². The van der Waals surface area contributed by atoms with Crippen molar-refractivity contribution < 1.29 is 4.74 Å². The maximum absolute atomic E-state index is 5.38. The zero-order chi connectivity index (χ0) is 12.1. The molecule has 0 spiro atoms. The predicted octanol–water partition coefficient (Wildman–Crippen LogP) is 2.69. The van der Waals surface area contributed by atoms with Crippen molar-refractivity contribution in [3.63, 3.8) is 0 Å². The lowest BCUT2D eigenvalue weighted by atomic mass is 10.0. The fraction of sp³-hybridized carbons (Fsp3) is 0.600. The molecule has 2 heteroatoms. The van der Waals surface area contributed by atoms with Gasteiger partial charge in [-0.1, -0.05) is 24.3 Å². The van der Waals surface area contributed by atoms with Gasteiger partial charge in [0, 0.05) is 25.3 Å². The van der Waals surface area contributed by atoms with Crippen LogP contribution < -0.4 is 5.32 Å². The van der Waals surface area contributed by atoms with Crippen LogP contribution in [0.4, 0.5) is 0 Å². The molecular weight excluding hydrogens is 210 g/mol. The fourth-order valence-electron chi connectivity index (χ4n) is 2.49. The number of rotatable bonds is 4. The van der Waals surface area contributed by atoms with Gasteiger partial charge in [-0.25, -0.2) is 0 Å². The lowest BCUT2D eigenvalue weighted by Crippen LogP contribution is -2.41. The van der Waals surface area contributed by atoms with E-state index >= 15 is 0 Å². The Hall–Kier alpha value is -0.860. The van der Waals surface area contributed by atoms with Crippen LogP contribution in [0.25, 0.3) is 0 Å². The van der Waals surface area contributed by atoms with Crippen molar-refractivity contribution in [1.29, 1.82) is 0 Å². The SMILES string of the molecule is Cc1ccccc1CC(C)NC1CCOCC1. The normalized spacial score (nSPS) is 19.2. The van der Waals surface area contributed by atoms with Crippen molar-refractivity contribution in [1.82, 2.24) is 5.32 Å². The minimum absolute atomic E-state index is 0.541. The van der Waals surface area contributed by atoms with Crippen LogP contribution in [0.1, 0.15) is 30.9 Å². The molecule has 2 nitrogen and oxygen atoms in total. The molecule has 1 unspecified atom stereocenters. The summed E-state index contributed by atoms with van der Waals surface area (Å²) in [4.78, 5) is 0. The topological polar surface area (TPSA) is 21.3 Å². The summed E-state index contributed by atoms with van der Waals surface area (Å²) in [5.74, 6) is 0. The predicted molar refractivity (Wildman–Crippen MR) is 71.3 cm³/mol. The Morgan fingerprint density at radius 3 is 2.71 bits per heavy atom. The number of hydrogen-bond acceptors (Lipinski definition) is 2. The van der Waals surface area contributed by atoms with Crippen molar-refractivity contribution in [2.24, 2.45) is 0 Å². The van der Waals surface area contributed by atoms with Crippen LogP contribution in [0.5, 0.6) is 0 Å². The number of benzene rings is 1. The van der Waals surface area contributed by atoms with Gasteiger partial charge >= 0.3 is 0 Å². The molecule has 0 aromatic heterocycles. The molecule has 0 bridgehead atoms. The number of hydrogen-bond donors (Lipinski definition) is 1. The van der Waals surface area contributed by atoms with Gasteiger partial charge in [-0.3, -0.25) is 0 Å². The Morgan fingerprint density at radius 2 is 2.00 bits per heavy atom. The Morgan fingerprint density at radius 1 is 1.29 bits per heavy atom. The quantitative estimate of drug-likeness (QED) is 0.863. The Kier molecular flexibility index (Phi) is 4.57. The summed E-state index contributed by atoms with van der Waals surface area (Å²) in [5, 5.41) is 3.71. The average Bonchev–Trinajstić information content (AvgIpc) is 2.33. The van der Waals surface area contributed by atoms with Crippen LogP contribution in [-0.2, 0) is 11.2 Å². The second-order valence-electron chi connectivity index (χ2n) is 5.08. The molecule has 0 aliphatic carbocycles. The van der Waals surface area contributed by atoms with E-state index in [9.17, 15) is 0 Å². The van der Waals surface area contributed by atoms with Crippen LogP contribution in [0.2, 0.25) is 0 Å². The van der Waals surface area contributed by atoms with Gasteiger partial charge in [0.1, 0.15) is 0 Å². The summed E-state index contributed by atoms with van der Waals surface area (Å²) in [7, 11) is 0. The van der Waals surface area contributed by atoms with E-state index in [2.05, 4.69) is 43.4 Å². The summed E-state index contributed by atoms with van der Waals surface area (Å²) < 4.78 is 5.38. The molecule has 1 atom stereocenters. The lowest BCUT2D eigenvalue weighted by molar-refractivity contribution is 0.0755. The molecule has 1 aliphatic rings. The third kappa shape index (κ3) is 3.83. The van der Waals surface area contributed by atoms with Gasteiger partial charge in [0.25, 0.3) is 0 Å². The smallest absolute Gasteiger partial charge is 0.0480 e. The molecule has 0 radical (unpaired) electrons. The molecule has 17 heavy (non-hydrogen) atoms. The Labute approximate surface area is 104 Å². The van der Waals surface area contributed by atoms with Gasteiger partial charge < -0.3 is 10.1 Å². The van der Waals surface area contributed by atoms with E-state index in [0.29, 0.717) is 12.1 Å². The van der Waals surface area contributed by atoms with Crippen molar-refractivity contribution in [2.75, 3.05) is 13.2 Å². The largest absolute Gasteiger partial charge is 0.381 e. The maximum Gasteiger partial charge on any atom is 0.0480 e. The zero-order valence-electron chi connectivity index (χ0n) is 10.9. The van der Waals surface area contributed by atoms with E-state index in [1.165, 1.54) is 11.1 Å². The molecule has 94 valence electrons. The maximum atomic E-state index is 5.38. The van der Waals surface area contributed by atoms with E-state index < -0.39 is 0 Å². The Bertz CT molecular complexity index is 345. The highest BCUT2D eigenvalue weighted by Crippen LogP contribution is 2.12. The molecule has 1 saturated heterocycles. The number of aryl methyl sites for hydroxylation is 1. The van der Waals surface area contributed by atoms with Crippen LogP contribution in [-0.4, -0.2) is 25.3 Å². The summed E-state index contributed by atoms with van der Waals surface area (Å²) in [6.45, 7) is 6.29. The van der Waals surface area contributed by atoms with Crippen molar-refractivity contribution in [3.05, 3.63) is 35.4 Å². The van der Waals surface area contributed by atoms with Gasteiger partial charge in [0.2, 0.25) is 0 Å². The monoisotopic (exact) mass is 233 g/mol. The molecule has 1 aliphatic heterocycles.